The summed E-state index contributed by atoms with van der Waals surface area (Å²) in [6, 6.07) is 14.6. The molecule has 1 heterocycles. The molecule has 0 unspecified atom stereocenters. The van der Waals surface area contributed by atoms with E-state index < -0.39 is 10.8 Å². The van der Waals surface area contributed by atoms with E-state index in [-0.39, 0.29) is 22.7 Å². The van der Waals surface area contributed by atoms with E-state index in [2.05, 4.69) is 32.7 Å². The Morgan fingerprint density at radius 3 is 2.53 bits per heavy atom. The fourth-order valence-electron chi connectivity index (χ4n) is 3.09. The van der Waals surface area contributed by atoms with E-state index in [9.17, 15) is 14.4 Å². The van der Waals surface area contributed by atoms with Gasteiger partial charge < -0.3 is 10.6 Å². The maximum absolute atomic E-state index is 12.8. The quantitative estimate of drug-likeness (QED) is 0.448. The van der Waals surface area contributed by atoms with Crippen LogP contribution in [0.3, 0.4) is 0 Å². The fraction of sp³-hybridized carbons (Fsp3) is 0.261. The lowest BCUT2D eigenvalue weighted by atomic mass is 10.1. The number of aromatic nitrogens is 3. The first-order chi connectivity index (χ1) is 15.4. The van der Waals surface area contributed by atoms with Gasteiger partial charge in [0.25, 0.3) is 5.56 Å². The number of nitrogens with zero attached hydrogens (tertiary/aromatic N) is 2. The number of amides is 2. The van der Waals surface area contributed by atoms with Crippen molar-refractivity contribution in [3.05, 3.63) is 64.4 Å². The summed E-state index contributed by atoms with van der Waals surface area (Å²) < 4.78 is 0. The number of aryl methyl sites for hydroxylation is 1. The summed E-state index contributed by atoms with van der Waals surface area (Å²) in [4.78, 5) is 39.6. The molecule has 0 fully saturated rings. The molecule has 0 spiro atoms. The van der Waals surface area contributed by atoms with E-state index >= 15 is 0 Å². The Kier molecular flexibility index (Phi) is 7.77. The zero-order chi connectivity index (χ0) is 23.1. The van der Waals surface area contributed by atoms with Crippen LogP contribution < -0.4 is 16.2 Å². The number of para-hydroxylation sites is 1. The highest BCUT2D eigenvalue weighted by Gasteiger charge is 2.21. The summed E-state index contributed by atoms with van der Waals surface area (Å²) in [5.74, 6) is -0.427. The molecule has 0 aliphatic heterocycles. The number of hydrogen-bond acceptors (Lipinski definition) is 6. The molecule has 0 aliphatic carbocycles. The van der Waals surface area contributed by atoms with Crippen LogP contribution in [-0.4, -0.2) is 32.2 Å². The molecule has 3 rings (SSSR count). The Morgan fingerprint density at radius 2 is 1.84 bits per heavy atom. The number of benzene rings is 2. The summed E-state index contributed by atoms with van der Waals surface area (Å²) in [5, 5.41) is 13.6. The van der Waals surface area contributed by atoms with Gasteiger partial charge in [-0.3, -0.25) is 19.4 Å². The molecule has 9 heteroatoms. The average molecular weight is 452 g/mol. The number of hydrogen-bond donors (Lipinski definition) is 3. The second-order valence-electron chi connectivity index (χ2n) is 7.09. The number of nitrogens with one attached hydrogen (secondary N) is 3. The van der Waals surface area contributed by atoms with Crippen molar-refractivity contribution in [2.75, 3.05) is 10.6 Å². The van der Waals surface area contributed by atoms with Gasteiger partial charge >= 0.3 is 0 Å². The fourth-order valence-corrected chi connectivity index (χ4v) is 3.93. The molecule has 0 bridgehead atoms. The SMILES string of the molecule is CCc1cccc(NC(=O)[C@H](CC)Sc2nnc(-c3ccccc3NC(C)=O)c(=O)[nH]2)c1. The van der Waals surface area contributed by atoms with E-state index in [1.54, 1.807) is 24.3 Å². The summed E-state index contributed by atoms with van der Waals surface area (Å²) in [6.45, 7) is 5.34. The van der Waals surface area contributed by atoms with Gasteiger partial charge in [0, 0.05) is 18.2 Å². The minimum absolute atomic E-state index is 0.0904. The molecule has 3 N–H and O–H groups in total. The number of thioether (sulfide) groups is 1. The molecule has 3 aromatic rings. The molecule has 0 radical (unpaired) electrons. The molecule has 8 nitrogen and oxygen atoms in total. The third kappa shape index (κ3) is 5.82. The predicted molar refractivity (Wildman–Crippen MR) is 127 cm³/mol. The van der Waals surface area contributed by atoms with Gasteiger partial charge in [0.05, 0.1) is 10.9 Å². The number of H-pyrrole nitrogens is 1. The highest BCUT2D eigenvalue weighted by atomic mass is 32.2. The first-order valence-electron chi connectivity index (χ1n) is 10.3. The third-order valence-corrected chi connectivity index (χ3v) is 5.93. The molecule has 1 aromatic heterocycles. The number of rotatable bonds is 8. The Labute approximate surface area is 190 Å². The highest BCUT2D eigenvalue weighted by Crippen LogP contribution is 2.26. The summed E-state index contributed by atoms with van der Waals surface area (Å²) in [6.07, 6.45) is 1.42. The molecule has 166 valence electrons. The first kappa shape index (κ1) is 23.2. The van der Waals surface area contributed by atoms with Gasteiger partial charge in [-0.15, -0.1) is 10.2 Å². The van der Waals surface area contributed by atoms with E-state index in [1.807, 2.05) is 31.2 Å². The zero-order valence-corrected chi connectivity index (χ0v) is 19.0. The maximum Gasteiger partial charge on any atom is 0.278 e. The Bertz CT molecular complexity index is 1180. The van der Waals surface area contributed by atoms with Crippen molar-refractivity contribution < 1.29 is 9.59 Å². The van der Waals surface area contributed by atoms with Crippen molar-refractivity contribution in [3.8, 4) is 11.3 Å². The summed E-state index contributed by atoms with van der Waals surface area (Å²) in [7, 11) is 0. The van der Waals surface area contributed by atoms with Crippen LogP contribution in [-0.2, 0) is 16.0 Å². The van der Waals surface area contributed by atoms with Crippen LogP contribution in [0.4, 0.5) is 11.4 Å². The Hall–Kier alpha value is -3.46. The average Bonchev–Trinajstić information content (AvgIpc) is 2.78. The normalized spacial score (nSPS) is 11.6. The molecule has 2 amide bonds. The number of carbonyl (C=O) groups is 2. The summed E-state index contributed by atoms with van der Waals surface area (Å²) >= 11 is 1.15. The van der Waals surface area contributed by atoms with Gasteiger partial charge in [-0.1, -0.05) is 55.9 Å². The van der Waals surface area contributed by atoms with Gasteiger partial charge in [-0.2, -0.15) is 0 Å². The van der Waals surface area contributed by atoms with Crippen molar-refractivity contribution in [1.82, 2.24) is 15.2 Å². The maximum atomic E-state index is 12.8. The third-order valence-electron chi connectivity index (χ3n) is 4.69. The van der Waals surface area contributed by atoms with Crippen LogP contribution in [0.2, 0.25) is 0 Å². The first-order valence-corrected chi connectivity index (χ1v) is 11.2. The molecule has 1 atom stereocenters. The van der Waals surface area contributed by atoms with Gasteiger partial charge in [0.15, 0.2) is 10.9 Å². The molecule has 0 saturated heterocycles. The van der Waals surface area contributed by atoms with Crippen molar-refractivity contribution >= 4 is 35.0 Å². The standard InChI is InChI=1S/C23H25N5O3S/c1-4-15-9-8-10-16(13-15)25-21(30)19(5-2)32-23-26-22(31)20(27-28-23)17-11-6-7-12-18(17)24-14(3)29/h6-13,19H,4-5H2,1-3H3,(H,24,29)(H,25,30)(H,26,28,31)/t19-/m0/s1. The lowest BCUT2D eigenvalue weighted by Crippen LogP contribution is -2.25. The molecule has 32 heavy (non-hydrogen) atoms. The molecule has 0 aliphatic rings. The Balaban J connectivity index is 1.77. The molecular formula is C23H25N5O3S. The lowest BCUT2D eigenvalue weighted by molar-refractivity contribution is -0.116. The van der Waals surface area contributed by atoms with E-state index in [0.717, 1.165) is 29.4 Å². The van der Waals surface area contributed by atoms with Crippen LogP contribution in [0, 0.1) is 0 Å². The highest BCUT2D eigenvalue weighted by molar-refractivity contribution is 8.00. The van der Waals surface area contributed by atoms with Crippen LogP contribution in [0.15, 0.2) is 58.5 Å². The van der Waals surface area contributed by atoms with Crippen LogP contribution in [0.5, 0.6) is 0 Å². The molecule has 0 saturated carbocycles. The number of anilines is 2. The van der Waals surface area contributed by atoms with E-state index in [1.165, 1.54) is 6.92 Å². The van der Waals surface area contributed by atoms with Crippen molar-refractivity contribution in [2.24, 2.45) is 0 Å². The van der Waals surface area contributed by atoms with Crippen molar-refractivity contribution in [1.29, 1.82) is 0 Å². The molecular weight excluding hydrogens is 426 g/mol. The largest absolute Gasteiger partial charge is 0.326 e. The molecule has 2 aromatic carbocycles. The predicted octanol–water partition coefficient (Wildman–Crippen LogP) is 3.86. The smallest absolute Gasteiger partial charge is 0.278 e. The second-order valence-corrected chi connectivity index (χ2v) is 8.28. The van der Waals surface area contributed by atoms with Gasteiger partial charge in [0.2, 0.25) is 11.8 Å². The topological polar surface area (TPSA) is 117 Å². The monoisotopic (exact) mass is 451 g/mol. The van der Waals surface area contributed by atoms with E-state index in [0.29, 0.717) is 17.7 Å². The minimum Gasteiger partial charge on any atom is -0.326 e. The van der Waals surface area contributed by atoms with Crippen molar-refractivity contribution in [3.63, 3.8) is 0 Å². The van der Waals surface area contributed by atoms with Gasteiger partial charge in [-0.25, -0.2) is 0 Å². The van der Waals surface area contributed by atoms with Crippen LogP contribution in [0.25, 0.3) is 11.3 Å². The summed E-state index contributed by atoms with van der Waals surface area (Å²) in [5.41, 5.74) is 2.44. The second kappa shape index (κ2) is 10.7. The number of aromatic amines is 1. The lowest BCUT2D eigenvalue weighted by Gasteiger charge is -2.14. The van der Waals surface area contributed by atoms with E-state index in [4.69, 9.17) is 0 Å². The van der Waals surface area contributed by atoms with Gasteiger partial charge in [0.1, 0.15) is 0 Å². The minimum atomic E-state index is -0.456. The van der Waals surface area contributed by atoms with Crippen LogP contribution in [0.1, 0.15) is 32.8 Å². The van der Waals surface area contributed by atoms with Crippen molar-refractivity contribution in [2.45, 2.75) is 44.0 Å². The Morgan fingerprint density at radius 1 is 1.06 bits per heavy atom. The van der Waals surface area contributed by atoms with Gasteiger partial charge in [-0.05, 0) is 36.6 Å². The number of carbonyl (C=O) groups excluding carboxylic acids is 2. The van der Waals surface area contributed by atoms with Crippen LogP contribution >= 0.6 is 11.8 Å². The zero-order valence-electron chi connectivity index (χ0n) is 18.1.